The van der Waals surface area contributed by atoms with E-state index in [1.165, 1.54) is 5.56 Å². The summed E-state index contributed by atoms with van der Waals surface area (Å²) in [6, 6.07) is 10.1. The van der Waals surface area contributed by atoms with Crippen LogP contribution in [0.2, 0.25) is 0 Å². The van der Waals surface area contributed by atoms with Gasteiger partial charge in [0.1, 0.15) is 11.3 Å². The van der Waals surface area contributed by atoms with Crippen molar-refractivity contribution >= 4 is 28.1 Å². The molecule has 0 unspecified atom stereocenters. The minimum Gasteiger partial charge on any atom is -0.351 e. The summed E-state index contributed by atoms with van der Waals surface area (Å²) in [5, 5.41) is 4.00. The van der Waals surface area contributed by atoms with Crippen LogP contribution in [0.4, 0.5) is 5.69 Å². The summed E-state index contributed by atoms with van der Waals surface area (Å²) in [4.78, 5) is 20.1. The van der Waals surface area contributed by atoms with Gasteiger partial charge in [0, 0.05) is 29.5 Å². The maximum atomic E-state index is 12.6. The molecule has 1 amide bonds. The van der Waals surface area contributed by atoms with Crippen LogP contribution >= 0.6 is 0 Å². The molecule has 0 fully saturated rings. The van der Waals surface area contributed by atoms with Crippen LogP contribution in [-0.4, -0.2) is 20.3 Å². The topological polar surface area (TPSA) is 62.2 Å². The Morgan fingerprint density at radius 1 is 1.24 bits per heavy atom. The van der Waals surface area contributed by atoms with E-state index in [4.69, 9.17) is 0 Å². The summed E-state index contributed by atoms with van der Waals surface area (Å²) in [6.45, 7) is 6.30. The molecule has 0 bridgehead atoms. The Labute approximate surface area is 145 Å². The Hall–Kier alpha value is -3.08. The van der Waals surface area contributed by atoms with Crippen LogP contribution in [-0.2, 0) is 0 Å². The third-order valence-electron chi connectivity index (χ3n) is 4.49. The molecule has 3 heterocycles. The third-order valence-corrected chi connectivity index (χ3v) is 4.49. The van der Waals surface area contributed by atoms with E-state index in [0.29, 0.717) is 11.6 Å². The minimum absolute atomic E-state index is 0.152. The normalized spacial score (nSPS) is 11.5. The number of nitrogens with one attached hydrogen (secondary N) is 2. The second-order valence-electron chi connectivity index (χ2n) is 6.71. The van der Waals surface area contributed by atoms with E-state index < -0.39 is 0 Å². The number of rotatable bonds is 3. The lowest BCUT2D eigenvalue weighted by atomic mass is 10.0. The van der Waals surface area contributed by atoms with E-state index in [9.17, 15) is 4.79 Å². The molecule has 2 N–H and O–H groups in total. The SMILES string of the molecule is Cc1cc(NC(=O)c2cc3ccc(C(C)C)cc3[nH]2)cn2ccnc12. The molecule has 126 valence electrons. The monoisotopic (exact) mass is 332 g/mol. The van der Waals surface area contributed by atoms with Crippen LogP contribution in [0.25, 0.3) is 16.6 Å². The number of H-pyrrole nitrogens is 1. The van der Waals surface area contributed by atoms with Gasteiger partial charge in [0.25, 0.3) is 5.91 Å². The lowest BCUT2D eigenvalue weighted by Crippen LogP contribution is -2.12. The minimum atomic E-state index is -0.152. The number of fused-ring (bicyclic) bond motifs is 2. The van der Waals surface area contributed by atoms with Crippen molar-refractivity contribution in [3.05, 3.63) is 65.7 Å². The number of anilines is 1. The molecule has 4 aromatic rings. The first-order chi connectivity index (χ1) is 12.0. The molecule has 0 saturated carbocycles. The maximum absolute atomic E-state index is 12.6. The molecule has 3 aromatic heterocycles. The highest BCUT2D eigenvalue weighted by molar-refractivity contribution is 6.06. The van der Waals surface area contributed by atoms with Gasteiger partial charge in [-0.3, -0.25) is 4.79 Å². The fourth-order valence-electron chi connectivity index (χ4n) is 3.10. The van der Waals surface area contributed by atoms with E-state index in [1.807, 2.05) is 35.9 Å². The highest BCUT2D eigenvalue weighted by atomic mass is 16.1. The zero-order valence-electron chi connectivity index (χ0n) is 14.5. The number of carbonyl (C=O) groups is 1. The Bertz CT molecular complexity index is 1090. The van der Waals surface area contributed by atoms with Gasteiger partial charge in [-0.05, 0) is 42.2 Å². The van der Waals surface area contributed by atoms with Gasteiger partial charge in [-0.1, -0.05) is 26.0 Å². The number of nitrogens with zero attached hydrogens (tertiary/aromatic N) is 2. The fourth-order valence-corrected chi connectivity index (χ4v) is 3.10. The molecule has 1 aromatic carbocycles. The summed E-state index contributed by atoms with van der Waals surface area (Å²) in [7, 11) is 0. The van der Waals surface area contributed by atoms with Crippen LogP contribution in [0.15, 0.2) is 48.9 Å². The Kier molecular flexibility index (Phi) is 3.57. The maximum Gasteiger partial charge on any atom is 0.272 e. The lowest BCUT2D eigenvalue weighted by molar-refractivity contribution is 0.102. The fraction of sp³-hybridized carbons (Fsp3) is 0.200. The first-order valence-electron chi connectivity index (χ1n) is 8.38. The largest absolute Gasteiger partial charge is 0.351 e. The van der Waals surface area contributed by atoms with Gasteiger partial charge < -0.3 is 14.7 Å². The first kappa shape index (κ1) is 15.4. The van der Waals surface area contributed by atoms with Crippen molar-refractivity contribution in [2.75, 3.05) is 5.32 Å². The van der Waals surface area contributed by atoms with E-state index in [2.05, 4.69) is 47.3 Å². The number of imidazole rings is 1. The second kappa shape index (κ2) is 5.77. The van der Waals surface area contributed by atoms with Gasteiger partial charge in [0.2, 0.25) is 0 Å². The summed E-state index contributed by atoms with van der Waals surface area (Å²) in [6.07, 6.45) is 5.49. The molecular formula is C20H20N4O. The zero-order chi connectivity index (χ0) is 17.6. The van der Waals surface area contributed by atoms with Gasteiger partial charge in [-0.2, -0.15) is 0 Å². The number of pyridine rings is 1. The zero-order valence-corrected chi connectivity index (χ0v) is 14.5. The van der Waals surface area contributed by atoms with Crippen LogP contribution in [0, 0.1) is 6.92 Å². The van der Waals surface area contributed by atoms with Crippen molar-refractivity contribution in [1.82, 2.24) is 14.4 Å². The number of carbonyl (C=O) groups excluding carboxylic acids is 1. The summed E-state index contributed by atoms with van der Waals surface area (Å²) >= 11 is 0. The van der Waals surface area contributed by atoms with Crippen LogP contribution < -0.4 is 5.32 Å². The highest BCUT2D eigenvalue weighted by Crippen LogP contribution is 2.23. The van der Waals surface area contributed by atoms with Gasteiger partial charge in [0.05, 0.1) is 5.69 Å². The number of hydrogen-bond acceptors (Lipinski definition) is 2. The standard InChI is InChI=1S/C20H20N4O/c1-12(2)14-4-5-15-10-18(23-17(15)9-14)20(25)22-16-8-13(3)19-21-6-7-24(19)11-16/h4-12,23H,1-3H3,(H,22,25). The predicted octanol–water partition coefficient (Wildman–Crippen LogP) is 4.50. The third kappa shape index (κ3) is 2.78. The Balaban J connectivity index is 1.64. The molecule has 0 atom stereocenters. The first-order valence-corrected chi connectivity index (χ1v) is 8.38. The van der Waals surface area contributed by atoms with Crippen molar-refractivity contribution in [2.45, 2.75) is 26.7 Å². The summed E-state index contributed by atoms with van der Waals surface area (Å²) in [5.74, 6) is 0.302. The predicted molar refractivity (Wildman–Crippen MR) is 100 cm³/mol. The average Bonchev–Trinajstić information content (AvgIpc) is 3.20. The van der Waals surface area contributed by atoms with Crippen molar-refractivity contribution in [3.63, 3.8) is 0 Å². The molecule has 0 aliphatic rings. The van der Waals surface area contributed by atoms with Gasteiger partial charge in [0.15, 0.2) is 0 Å². The molecule has 0 spiro atoms. The smallest absolute Gasteiger partial charge is 0.272 e. The lowest BCUT2D eigenvalue weighted by Gasteiger charge is -2.06. The molecule has 25 heavy (non-hydrogen) atoms. The Morgan fingerprint density at radius 3 is 2.88 bits per heavy atom. The van der Waals surface area contributed by atoms with Gasteiger partial charge >= 0.3 is 0 Å². The number of amides is 1. The number of aryl methyl sites for hydroxylation is 1. The van der Waals surface area contributed by atoms with Crippen molar-refractivity contribution in [2.24, 2.45) is 0 Å². The molecule has 0 aliphatic carbocycles. The van der Waals surface area contributed by atoms with Crippen LogP contribution in [0.3, 0.4) is 0 Å². The van der Waals surface area contributed by atoms with Crippen LogP contribution in [0.1, 0.15) is 41.4 Å². The van der Waals surface area contributed by atoms with E-state index in [1.54, 1.807) is 6.20 Å². The average molecular weight is 332 g/mol. The number of hydrogen-bond donors (Lipinski definition) is 2. The Morgan fingerprint density at radius 2 is 2.08 bits per heavy atom. The molecular weight excluding hydrogens is 312 g/mol. The quantitative estimate of drug-likeness (QED) is 0.580. The second-order valence-corrected chi connectivity index (χ2v) is 6.71. The summed E-state index contributed by atoms with van der Waals surface area (Å²) in [5.41, 5.74) is 5.44. The number of benzene rings is 1. The number of aromatic amines is 1. The van der Waals surface area contributed by atoms with Crippen LogP contribution in [0.5, 0.6) is 0 Å². The molecule has 0 saturated heterocycles. The van der Waals surface area contributed by atoms with Crippen molar-refractivity contribution in [1.29, 1.82) is 0 Å². The number of aromatic nitrogens is 3. The van der Waals surface area contributed by atoms with E-state index in [-0.39, 0.29) is 5.91 Å². The van der Waals surface area contributed by atoms with Crippen molar-refractivity contribution < 1.29 is 4.79 Å². The van der Waals surface area contributed by atoms with Crippen molar-refractivity contribution in [3.8, 4) is 0 Å². The summed E-state index contributed by atoms with van der Waals surface area (Å²) < 4.78 is 1.91. The van der Waals surface area contributed by atoms with E-state index >= 15 is 0 Å². The molecule has 0 radical (unpaired) electrons. The van der Waals surface area contributed by atoms with Gasteiger partial charge in [-0.25, -0.2) is 4.98 Å². The molecule has 0 aliphatic heterocycles. The van der Waals surface area contributed by atoms with E-state index in [0.717, 1.165) is 27.8 Å². The molecule has 4 rings (SSSR count). The molecule has 5 nitrogen and oxygen atoms in total. The van der Waals surface area contributed by atoms with Gasteiger partial charge in [-0.15, -0.1) is 0 Å². The molecule has 5 heteroatoms. The highest BCUT2D eigenvalue weighted by Gasteiger charge is 2.12.